The van der Waals surface area contributed by atoms with Crippen molar-refractivity contribution in [1.82, 2.24) is 9.97 Å². The number of hydrogen-bond acceptors (Lipinski definition) is 3. The van der Waals surface area contributed by atoms with Crippen LogP contribution < -0.4 is 5.32 Å². The van der Waals surface area contributed by atoms with Crippen LogP contribution >= 0.6 is 15.9 Å². The van der Waals surface area contributed by atoms with Gasteiger partial charge in [0, 0.05) is 22.6 Å². The number of rotatable bonds is 2. The number of benzene rings is 1. The summed E-state index contributed by atoms with van der Waals surface area (Å²) in [5, 5.41) is 2.88. The van der Waals surface area contributed by atoms with E-state index in [0.29, 0.717) is 5.56 Å². The molecule has 0 aliphatic carbocycles. The van der Waals surface area contributed by atoms with Gasteiger partial charge in [-0.2, -0.15) is 0 Å². The normalized spacial score (nSPS) is 10.2. The minimum Gasteiger partial charge on any atom is -0.321 e. The summed E-state index contributed by atoms with van der Waals surface area (Å²) in [6.07, 6.45) is 4.38. The van der Waals surface area contributed by atoms with Crippen molar-refractivity contribution in [2.24, 2.45) is 0 Å². The van der Waals surface area contributed by atoms with Gasteiger partial charge in [-0.05, 0) is 37.1 Å². The summed E-state index contributed by atoms with van der Waals surface area (Å²) >= 11 is 3.43. The van der Waals surface area contributed by atoms with Crippen molar-refractivity contribution in [3.8, 4) is 0 Å². The molecule has 0 saturated carbocycles. The SMILES string of the molecule is Cc1cc(Br)cc(C)c1NC(=O)c1cncnc1. The number of amides is 1. The first-order valence-corrected chi connectivity index (χ1v) is 6.20. The van der Waals surface area contributed by atoms with Crippen LogP contribution in [-0.4, -0.2) is 15.9 Å². The van der Waals surface area contributed by atoms with E-state index in [1.54, 1.807) is 0 Å². The number of aryl methyl sites for hydroxylation is 2. The number of aromatic nitrogens is 2. The third-order valence-electron chi connectivity index (χ3n) is 2.56. The van der Waals surface area contributed by atoms with E-state index in [0.717, 1.165) is 21.3 Å². The van der Waals surface area contributed by atoms with Crippen LogP contribution in [0, 0.1) is 13.8 Å². The van der Waals surface area contributed by atoms with Crippen LogP contribution in [0.25, 0.3) is 0 Å². The molecular weight excluding hydrogens is 294 g/mol. The highest BCUT2D eigenvalue weighted by Gasteiger charge is 2.10. The van der Waals surface area contributed by atoms with E-state index in [-0.39, 0.29) is 5.91 Å². The van der Waals surface area contributed by atoms with E-state index in [1.807, 2.05) is 26.0 Å². The largest absolute Gasteiger partial charge is 0.321 e. The van der Waals surface area contributed by atoms with Crippen molar-refractivity contribution in [3.63, 3.8) is 0 Å². The zero-order valence-corrected chi connectivity index (χ0v) is 11.7. The van der Waals surface area contributed by atoms with E-state index in [2.05, 4.69) is 31.2 Å². The molecule has 4 nitrogen and oxygen atoms in total. The molecule has 0 atom stereocenters. The highest BCUT2D eigenvalue weighted by Crippen LogP contribution is 2.25. The maximum absolute atomic E-state index is 12.0. The van der Waals surface area contributed by atoms with Crippen molar-refractivity contribution >= 4 is 27.5 Å². The lowest BCUT2D eigenvalue weighted by Crippen LogP contribution is -2.14. The third-order valence-corrected chi connectivity index (χ3v) is 3.02. The molecule has 18 heavy (non-hydrogen) atoms. The van der Waals surface area contributed by atoms with Crippen LogP contribution in [0.15, 0.2) is 35.3 Å². The maximum Gasteiger partial charge on any atom is 0.258 e. The van der Waals surface area contributed by atoms with Crippen LogP contribution in [0.5, 0.6) is 0 Å². The molecule has 5 heteroatoms. The van der Waals surface area contributed by atoms with Gasteiger partial charge in [-0.25, -0.2) is 9.97 Å². The van der Waals surface area contributed by atoms with Crippen molar-refractivity contribution in [1.29, 1.82) is 0 Å². The van der Waals surface area contributed by atoms with Gasteiger partial charge in [0.2, 0.25) is 0 Å². The van der Waals surface area contributed by atoms with E-state index >= 15 is 0 Å². The quantitative estimate of drug-likeness (QED) is 0.927. The van der Waals surface area contributed by atoms with Crippen molar-refractivity contribution in [2.75, 3.05) is 5.32 Å². The second-order valence-electron chi connectivity index (χ2n) is 4.00. The Labute approximate surface area is 114 Å². The molecule has 0 spiro atoms. The molecule has 0 bridgehead atoms. The Morgan fingerprint density at radius 3 is 2.28 bits per heavy atom. The number of hydrogen-bond donors (Lipinski definition) is 1. The Bertz CT molecular complexity index is 561. The third kappa shape index (κ3) is 2.73. The molecule has 0 unspecified atom stereocenters. The molecule has 1 aromatic carbocycles. The zero-order chi connectivity index (χ0) is 13.1. The second-order valence-corrected chi connectivity index (χ2v) is 4.91. The fourth-order valence-corrected chi connectivity index (χ4v) is 2.40. The predicted octanol–water partition coefficient (Wildman–Crippen LogP) is 3.11. The van der Waals surface area contributed by atoms with Gasteiger partial charge in [0.25, 0.3) is 5.91 Å². The average Bonchev–Trinajstić information content (AvgIpc) is 2.34. The average molecular weight is 306 g/mol. The predicted molar refractivity (Wildman–Crippen MR) is 73.6 cm³/mol. The van der Waals surface area contributed by atoms with Crippen molar-refractivity contribution in [3.05, 3.63) is 52.0 Å². The molecule has 1 N–H and O–H groups in total. The molecular formula is C13H12BrN3O. The molecule has 0 radical (unpaired) electrons. The number of carbonyl (C=O) groups is 1. The Morgan fingerprint density at radius 1 is 1.17 bits per heavy atom. The number of carbonyl (C=O) groups excluding carboxylic acids is 1. The molecule has 0 fully saturated rings. The van der Waals surface area contributed by atoms with Crippen LogP contribution in [0.4, 0.5) is 5.69 Å². The monoisotopic (exact) mass is 305 g/mol. The van der Waals surface area contributed by atoms with Crippen LogP contribution in [-0.2, 0) is 0 Å². The first kappa shape index (κ1) is 12.7. The van der Waals surface area contributed by atoms with Crippen LogP contribution in [0.2, 0.25) is 0 Å². The lowest BCUT2D eigenvalue weighted by Gasteiger charge is -2.12. The van der Waals surface area contributed by atoms with E-state index < -0.39 is 0 Å². The number of halogens is 1. The second kappa shape index (κ2) is 5.27. The maximum atomic E-state index is 12.0. The summed E-state index contributed by atoms with van der Waals surface area (Å²) in [6.45, 7) is 3.91. The van der Waals surface area contributed by atoms with Crippen molar-refractivity contribution < 1.29 is 4.79 Å². The van der Waals surface area contributed by atoms with Gasteiger partial charge in [-0.1, -0.05) is 15.9 Å². The summed E-state index contributed by atoms with van der Waals surface area (Å²) in [5.74, 6) is -0.205. The van der Waals surface area contributed by atoms with E-state index in [1.165, 1.54) is 18.7 Å². The van der Waals surface area contributed by atoms with Crippen molar-refractivity contribution in [2.45, 2.75) is 13.8 Å². The molecule has 2 rings (SSSR count). The lowest BCUT2D eigenvalue weighted by molar-refractivity contribution is 0.102. The molecule has 0 aliphatic heterocycles. The summed E-state index contributed by atoms with van der Waals surface area (Å²) in [7, 11) is 0. The zero-order valence-electron chi connectivity index (χ0n) is 10.1. The Hall–Kier alpha value is -1.75. The Balaban J connectivity index is 2.28. The highest BCUT2D eigenvalue weighted by molar-refractivity contribution is 9.10. The molecule has 1 heterocycles. The molecule has 0 aliphatic rings. The van der Waals surface area contributed by atoms with Gasteiger partial charge in [0.1, 0.15) is 6.33 Å². The molecule has 1 amide bonds. The summed E-state index contributed by atoms with van der Waals surface area (Å²) in [4.78, 5) is 19.7. The van der Waals surface area contributed by atoms with Gasteiger partial charge >= 0.3 is 0 Å². The fourth-order valence-electron chi connectivity index (χ4n) is 1.71. The molecule has 1 aromatic heterocycles. The van der Waals surface area contributed by atoms with Gasteiger partial charge < -0.3 is 5.32 Å². The van der Waals surface area contributed by atoms with Gasteiger partial charge in [0.05, 0.1) is 5.56 Å². The smallest absolute Gasteiger partial charge is 0.258 e. The number of nitrogens with zero attached hydrogens (tertiary/aromatic N) is 2. The highest BCUT2D eigenvalue weighted by atomic mass is 79.9. The van der Waals surface area contributed by atoms with E-state index in [9.17, 15) is 4.79 Å². The molecule has 2 aromatic rings. The number of nitrogens with one attached hydrogen (secondary N) is 1. The van der Waals surface area contributed by atoms with E-state index in [4.69, 9.17) is 0 Å². The van der Waals surface area contributed by atoms with Crippen LogP contribution in [0.1, 0.15) is 21.5 Å². The molecule has 0 saturated heterocycles. The number of anilines is 1. The summed E-state index contributed by atoms with van der Waals surface area (Å²) < 4.78 is 0.999. The minimum absolute atomic E-state index is 0.205. The van der Waals surface area contributed by atoms with Gasteiger partial charge in [0.15, 0.2) is 0 Å². The fraction of sp³-hybridized carbons (Fsp3) is 0.154. The topological polar surface area (TPSA) is 54.9 Å². The summed E-state index contributed by atoms with van der Waals surface area (Å²) in [5.41, 5.74) is 3.28. The summed E-state index contributed by atoms with van der Waals surface area (Å²) in [6, 6.07) is 3.92. The first-order valence-electron chi connectivity index (χ1n) is 5.41. The Morgan fingerprint density at radius 2 is 1.72 bits per heavy atom. The minimum atomic E-state index is -0.205. The first-order chi connectivity index (χ1) is 8.58. The Kier molecular flexibility index (Phi) is 3.72. The molecule has 92 valence electrons. The van der Waals surface area contributed by atoms with Crippen LogP contribution in [0.3, 0.4) is 0 Å². The lowest BCUT2D eigenvalue weighted by atomic mass is 10.1. The van der Waals surface area contributed by atoms with Gasteiger partial charge in [-0.3, -0.25) is 4.79 Å². The standard InChI is InChI=1S/C13H12BrN3O/c1-8-3-11(14)4-9(2)12(8)17-13(18)10-5-15-7-16-6-10/h3-7H,1-2H3,(H,17,18). The van der Waals surface area contributed by atoms with Gasteiger partial charge in [-0.15, -0.1) is 0 Å².